The van der Waals surface area contributed by atoms with Crippen molar-refractivity contribution in [2.45, 2.75) is 25.4 Å². The van der Waals surface area contributed by atoms with Crippen LogP contribution in [0, 0.1) is 5.82 Å². The number of imidazole rings is 1. The van der Waals surface area contributed by atoms with Gasteiger partial charge in [-0.05, 0) is 54.8 Å². The molecule has 0 bridgehead atoms. The van der Waals surface area contributed by atoms with E-state index in [0.717, 1.165) is 43.6 Å². The van der Waals surface area contributed by atoms with Crippen LogP contribution < -0.4 is 4.74 Å². The lowest BCUT2D eigenvalue weighted by molar-refractivity contribution is 0.132. The first-order chi connectivity index (χ1) is 15.4. The average molecular weight is 439 g/mol. The molecule has 1 amide bonds. The Balaban J connectivity index is 1.33. The second-order valence-corrected chi connectivity index (χ2v) is 8.08. The minimum atomic E-state index is -0.358. The van der Waals surface area contributed by atoms with E-state index in [2.05, 4.69) is 9.88 Å². The van der Waals surface area contributed by atoms with Gasteiger partial charge in [-0.1, -0.05) is 6.07 Å². The summed E-state index contributed by atoms with van der Waals surface area (Å²) < 4.78 is 20.2. The second kappa shape index (κ2) is 9.40. The fraction of sp³-hybridized carbons (Fsp3) is 0.333. The van der Waals surface area contributed by atoms with E-state index in [4.69, 9.17) is 4.74 Å². The number of ether oxygens (including phenoxy) is 1. The van der Waals surface area contributed by atoms with Crippen LogP contribution in [0.25, 0.3) is 11.3 Å². The van der Waals surface area contributed by atoms with Crippen molar-refractivity contribution >= 4 is 6.03 Å². The third kappa shape index (κ3) is 4.75. The normalized spacial score (nSPS) is 15.0. The van der Waals surface area contributed by atoms with Crippen molar-refractivity contribution in [1.82, 2.24) is 19.4 Å². The van der Waals surface area contributed by atoms with E-state index in [1.54, 1.807) is 47.5 Å². The molecule has 3 aromatic rings. The number of amides is 1. The molecule has 8 heteroatoms. The molecule has 0 radical (unpaired) electrons. The molecular weight excluding hydrogens is 411 g/mol. The first-order valence-electron chi connectivity index (χ1n) is 10.6. The van der Waals surface area contributed by atoms with E-state index in [9.17, 15) is 14.3 Å². The predicted octanol–water partition coefficient (Wildman–Crippen LogP) is 3.97. The number of methoxy groups -OCH3 is 1. The Hall–Kier alpha value is -3.39. The lowest BCUT2D eigenvalue weighted by Crippen LogP contribution is -2.46. The molecule has 1 aromatic heterocycles. The van der Waals surface area contributed by atoms with Crippen molar-refractivity contribution in [2.24, 2.45) is 0 Å². The number of carbonyl (C=O) groups is 1. The zero-order valence-corrected chi connectivity index (χ0v) is 18.2. The predicted molar refractivity (Wildman–Crippen MR) is 119 cm³/mol. The van der Waals surface area contributed by atoms with Crippen LogP contribution in [-0.4, -0.2) is 63.8 Å². The maximum absolute atomic E-state index is 13.6. The summed E-state index contributed by atoms with van der Waals surface area (Å²) in [6.07, 6.45) is 4.96. The van der Waals surface area contributed by atoms with Crippen molar-refractivity contribution in [3.05, 3.63) is 66.4 Å². The summed E-state index contributed by atoms with van der Waals surface area (Å²) in [6, 6.07) is 11.7. The molecule has 2 aromatic carbocycles. The van der Waals surface area contributed by atoms with Crippen molar-refractivity contribution in [3.63, 3.8) is 0 Å². The van der Waals surface area contributed by atoms with Crippen LogP contribution >= 0.6 is 0 Å². The highest BCUT2D eigenvalue weighted by atomic mass is 19.1. The number of benzene rings is 2. The topological polar surface area (TPSA) is 70.8 Å². The zero-order valence-electron chi connectivity index (χ0n) is 18.2. The molecule has 0 spiro atoms. The van der Waals surface area contributed by atoms with Crippen LogP contribution in [0.4, 0.5) is 9.18 Å². The second-order valence-electron chi connectivity index (χ2n) is 8.08. The van der Waals surface area contributed by atoms with E-state index in [0.29, 0.717) is 5.69 Å². The van der Waals surface area contributed by atoms with Gasteiger partial charge in [0.25, 0.3) is 0 Å². The van der Waals surface area contributed by atoms with Gasteiger partial charge in [0, 0.05) is 44.5 Å². The number of aromatic nitrogens is 2. The molecule has 1 N–H and O–H groups in total. The lowest BCUT2D eigenvalue weighted by atomic mass is 10.0. The number of hydrogen-bond acceptors (Lipinski definition) is 5. The van der Waals surface area contributed by atoms with Crippen LogP contribution in [0.2, 0.25) is 0 Å². The minimum Gasteiger partial charge on any atom is -0.508 e. The monoisotopic (exact) mass is 438 g/mol. The van der Waals surface area contributed by atoms with Gasteiger partial charge in [-0.25, -0.2) is 14.2 Å². The van der Waals surface area contributed by atoms with E-state index in [1.165, 1.54) is 24.1 Å². The Bertz CT molecular complexity index is 1080. The highest BCUT2D eigenvalue weighted by Crippen LogP contribution is 2.23. The smallest absolute Gasteiger partial charge is 0.329 e. The number of hydrogen-bond donors (Lipinski definition) is 1. The highest BCUT2D eigenvalue weighted by Gasteiger charge is 2.26. The third-order valence-electron chi connectivity index (χ3n) is 5.99. The number of nitrogens with zero attached hydrogens (tertiary/aromatic N) is 4. The SMILES string of the molecule is COc1cc(CN2CCC(N(C)C(=O)n3cnc(-c4ccc(O)cc4)c3)CC2)ccc1F. The van der Waals surface area contributed by atoms with Crippen LogP contribution in [-0.2, 0) is 6.54 Å². The fourth-order valence-corrected chi connectivity index (χ4v) is 4.07. The maximum atomic E-state index is 13.6. The van der Waals surface area contributed by atoms with Gasteiger partial charge in [0.05, 0.1) is 12.8 Å². The number of rotatable bonds is 5. The molecular formula is C24H27FN4O3. The molecule has 1 aliphatic rings. The van der Waals surface area contributed by atoms with Crippen molar-refractivity contribution in [3.8, 4) is 22.8 Å². The van der Waals surface area contributed by atoms with Crippen LogP contribution in [0.15, 0.2) is 55.0 Å². The number of phenolic OH excluding ortho intramolecular Hbond substituents is 1. The lowest BCUT2D eigenvalue weighted by Gasteiger charge is -2.36. The van der Waals surface area contributed by atoms with E-state index >= 15 is 0 Å². The Morgan fingerprint density at radius 1 is 1.22 bits per heavy atom. The fourth-order valence-electron chi connectivity index (χ4n) is 4.07. The molecule has 168 valence electrons. The number of piperidine rings is 1. The average Bonchev–Trinajstić information content (AvgIpc) is 3.30. The molecule has 1 fully saturated rings. The molecule has 4 rings (SSSR count). The summed E-state index contributed by atoms with van der Waals surface area (Å²) in [6.45, 7) is 2.42. The van der Waals surface area contributed by atoms with Gasteiger partial charge in [0.2, 0.25) is 0 Å². The van der Waals surface area contributed by atoms with E-state index < -0.39 is 0 Å². The van der Waals surface area contributed by atoms with Gasteiger partial charge in [0.15, 0.2) is 11.6 Å². The molecule has 32 heavy (non-hydrogen) atoms. The Morgan fingerprint density at radius 3 is 2.62 bits per heavy atom. The summed E-state index contributed by atoms with van der Waals surface area (Å²) in [4.78, 5) is 21.4. The highest BCUT2D eigenvalue weighted by molar-refractivity contribution is 5.78. The number of carbonyl (C=O) groups excluding carboxylic acids is 1. The van der Waals surface area contributed by atoms with Gasteiger partial charge in [0.1, 0.15) is 12.1 Å². The summed E-state index contributed by atoms with van der Waals surface area (Å²) in [5, 5.41) is 9.44. The quantitative estimate of drug-likeness (QED) is 0.653. The largest absolute Gasteiger partial charge is 0.508 e. The standard InChI is InChI=1S/C24H27FN4O3/c1-27(24(31)29-15-22(26-16-29)18-4-6-20(30)7-5-18)19-9-11-28(12-10-19)14-17-3-8-21(25)23(13-17)32-2/h3-8,13,15-16,19,30H,9-12,14H2,1-2H3. The third-order valence-corrected chi connectivity index (χ3v) is 5.99. The van der Waals surface area contributed by atoms with Crippen LogP contribution in [0.3, 0.4) is 0 Å². The maximum Gasteiger partial charge on any atom is 0.329 e. The van der Waals surface area contributed by atoms with E-state index in [-0.39, 0.29) is 29.4 Å². The Labute approximate surface area is 186 Å². The van der Waals surface area contributed by atoms with Gasteiger partial charge < -0.3 is 14.7 Å². The van der Waals surface area contributed by atoms with Crippen molar-refractivity contribution in [1.29, 1.82) is 0 Å². The number of halogens is 1. The van der Waals surface area contributed by atoms with Crippen molar-refractivity contribution < 1.29 is 19.0 Å². The van der Waals surface area contributed by atoms with Crippen molar-refractivity contribution in [2.75, 3.05) is 27.2 Å². The summed E-state index contributed by atoms with van der Waals surface area (Å²) in [5.74, 6) is 0.0896. The number of phenols is 1. The minimum absolute atomic E-state index is 0.121. The molecule has 0 aliphatic carbocycles. The summed E-state index contributed by atoms with van der Waals surface area (Å²) >= 11 is 0. The van der Waals surface area contributed by atoms with Gasteiger partial charge in [-0.2, -0.15) is 0 Å². The van der Waals surface area contributed by atoms with Crippen LogP contribution in [0.5, 0.6) is 11.5 Å². The first-order valence-corrected chi connectivity index (χ1v) is 10.6. The van der Waals surface area contributed by atoms with E-state index in [1.807, 2.05) is 7.05 Å². The molecule has 1 aliphatic heterocycles. The summed E-state index contributed by atoms with van der Waals surface area (Å²) in [7, 11) is 3.29. The Morgan fingerprint density at radius 2 is 1.94 bits per heavy atom. The van der Waals surface area contributed by atoms with Crippen LogP contribution in [0.1, 0.15) is 18.4 Å². The molecule has 0 saturated carbocycles. The summed E-state index contributed by atoms with van der Waals surface area (Å²) in [5.41, 5.74) is 2.52. The number of aromatic hydroxyl groups is 1. The molecule has 1 saturated heterocycles. The first kappa shape index (κ1) is 21.8. The zero-order chi connectivity index (χ0) is 22.7. The molecule has 0 atom stereocenters. The molecule has 2 heterocycles. The van der Waals surface area contributed by atoms with Gasteiger partial charge in [-0.3, -0.25) is 9.47 Å². The van der Waals surface area contributed by atoms with Gasteiger partial charge >= 0.3 is 6.03 Å². The molecule has 0 unspecified atom stereocenters. The molecule has 7 nitrogen and oxygen atoms in total. The Kier molecular flexibility index (Phi) is 6.41. The number of likely N-dealkylation sites (tertiary alicyclic amines) is 1. The van der Waals surface area contributed by atoms with Gasteiger partial charge in [-0.15, -0.1) is 0 Å².